The molecule has 0 spiro atoms. The number of carbonyl (C=O) groups excluding carboxylic acids is 1. The van der Waals surface area contributed by atoms with Crippen molar-refractivity contribution in [2.75, 3.05) is 5.01 Å². The number of halogens is 1. The number of nitro groups is 1. The minimum Gasteiger partial charge on any atom is -0.456 e. The largest absolute Gasteiger partial charge is 0.456 e. The number of aryl methyl sites for hydroxylation is 2. The number of anilines is 1. The maximum absolute atomic E-state index is 12.9. The molecule has 4 rings (SSSR count). The first kappa shape index (κ1) is 20.6. The first-order chi connectivity index (χ1) is 14.7. The predicted octanol–water partition coefficient (Wildman–Crippen LogP) is 5.93. The Bertz CT molecular complexity index is 1290. The predicted molar refractivity (Wildman–Crippen MR) is 120 cm³/mol. The van der Waals surface area contributed by atoms with Crippen LogP contribution in [0.3, 0.4) is 0 Å². The standard InChI is InChI=1S/C23H18ClN3O4/c1-13-9-20(21(27(29)30)10-14(13)2)22-8-7-18(31-22)12-19-15(3)25-26(23(19)28)17-6-4-5-16(24)11-17/h4-12H,1-3H3/b19-12+. The Morgan fingerprint density at radius 3 is 2.55 bits per heavy atom. The van der Waals surface area contributed by atoms with E-state index in [0.29, 0.717) is 39.1 Å². The minimum atomic E-state index is -0.428. The molecule has 0 N–H and O–H groups in total. The fourth-order valence-electron chi connectivity index (χ4n) is 3.33. The molecule has 0 saturated heterocycles. The van der Waals surface area contributed by atoms with Crippen LogP contribution in [0.5, 0.6) is 0 Å². The summed E-state index contributed by atoms with van der Waals surface area (Å²) >= 11 is 6.03. The number of carbonyl (C=O) groups is 1. The Morgan fingerprint density at radius 2 is 1.84 bits per heavy atom. The van der Waals surface area contributed by atoms with Crippen LogP contribution in [-0.4, -0.2) is 16.5 Å². The molecule has 0 radical (unpaired) electrons. The third-order valence-corrected chi connectivity index (χ3v) is 5.34. The van der Waals surface area contributed by atoms with Crippen molar-refractivity contribution in [2.45, 2.75) is 20.8 Å². The third kappa shape index (κ3) is 3.87. The number of hydrogen-bond donors (Lipinski definition) is 0. The second-order valence-electron chi connectivity index (χ2n) is 7.25. The maximum atomic E-state index is 12.9. The fourth-order valence-corrected chi connectivity index (χ4v) is 3.52. The molecule has 8 heteroatoms. The van der Waals surface area contributed by atoms with Crippen LogP contribution in [0.25, 0.3) is 17.4 Å². The maximum Gasteiger partial charge on any atom is 0.280 e. The summed E-state index contributed by atoms with van der Waals surface area (Å²) in [5, 5.41) is 17.6. The molecule has 0 atom stereocenters. The van der Waals surface area contributed by atoms with Crippen LogP contribution in [0.1, 0.15) is 23.8 Å². The molecule has 0 bridgehead atoms. The summed E-state index contributed by atoms with van der Waals surface area (Å²) in [4.78, 5) is 24.0. The molecule has 2 aromatic carbocycles. The van der Waals surface area contributed by atoms with Gasteiger partial charge in [-0.3, -0.25) is 14.9 Å². The van der Waals surface area contributed by atoms with Gasteiger partial charge >= 0.3 is 0 Å². The first-order valence-corrected chi connectivity index (χ1v) is 9.85. The lowest BCUT2D eigenvalue weighted by atomic mass is 10.0. The molecule has 1 aliphatic rings. The van der Waals surface area contributed by atoms with Crippen LogP contribution in [-0.2, 0) is 4.79 Å². The van der Waals surface area contributed by atoms with Crippen molar-refractivity contribution >= 4 is 40.7 Å². The van der Waals surface area contributed by atoms with Gasteiger partial charge in [0.15, 0.2) is 0 Å². The van der Waals surface area contributed by atoms with Crippen molar-refractivity contribution in [3.8, 4) is 11.3 Å². The van der Waals surface area contributed by atoms with Gasteiger partial charge in [-0.1, -0.05) is 17.7 Å². The van der Waals surface area contributed by atoms with Gasteiger partial charge in [-0.15, -0.1) is 0 Å². The molecular weight excluding hydrogens is 418 g/mol. The molecule has 3 aromatic rings. The highest BCUT2D eigenvalue weighted by Crippen LogP contribution is 2.34. The Morgan fingerprint density at radius 1 is 1.10 bits per heavy atom. The number of nitro benzene ring substituents is 1. The molecule has 0 fully saturated rings. The molecule has 0 saturated carbocycles. The summed E-state index contributed by atoms with van der Waals surface area (Å²) in [7, 11) is 0. The van der Waals surface area contributed by atoms with E-state index >= 15 is 0 Å². The van der Waals surface area contributed by atoms with E-state index in [9.17, 15) is 14.9 Å². The van der Waals surface area contributed by atoms with Crippen LogP contribution >= 0.6 is 11.6 Å². The first-order valence-electron chi connectivity index (χ1n) is 9.48. The molecule has 1 aromatic heterocycles. The average molecular weight is 436 g/mol. The van der Waals surface area contributed by atoms with Gasteiger partial charge in [0, 0.05) is 11.1 Å². The highest BCUT2D eigenvalue weighted by Gasteiger charge is 2.29. The van der Waals surface area contributed by atoms with Gasteiger partial charge in [-0.2, -0.15) is 10.1 Å². The molecule has 7 nitrogen and oxygen atoms in total. The molecule has 0 aliphatic carbocycles. The Labute approximate surface area is 183 Å². The van der Waals surface area contributed by atoms with Crippen molar-refractivity contribution in [1.82, 2.24) is 0 Å². The monoisotopic (exact) mass is 435 g/mol. The van der Waals surface area contributed by atoms with E-state index < -0.39 is 4.92 Å². The smallest absolute Gasteiger partial charge is 0.280 e. The zero-order valence-electron chi connectivity index (χ0n) is 17.0. The molecule has 1 amide bonds. The van der Waals surface area contributed by atoms with Crippen LogP contribution in [0, 0.1) is 24.0 Å². The van der Waals surface area contributed by atoms with Crippen LogP contribution in [0.2, 0.25) is 5.02 Å². The SMILES string of the molecule is CC1=NN(c2cccc(Cl)c2)C(=O)/C1=C/c1ccc(-c2cc(C)c(C)cc2[N+](=O)[O-])o1. The van der Waals surface area contributed by atoms with E-state index in [4.69, 9.17) is 16.0 Å². The summed E-state index contributed by atoms with van der Waals surface area (Å²) in [5.74, 6) is 0.441. The molecule has 156 valence electrons. The normalized spacial score (nSPS) is 15.0. The Hall–Kier alpha value is -3.71. The number of hydrazone groups is 1. The number of furan rings is 1. The van der Waals surface area contributed by atoms with E-state index in [1.165, 1.54) is 11.1 Å². The lowest BCUT2D eigenvalue weighted by Gasteiger charge is -2.11. The lowest BCUT2D eigenvalue weighted by molar-refractivity contribution is -0.384. The van der Waals surface area contributed by atoms with Gasteiger partial charge in [0.2, 0.25) is 0 Å². The van der Waals surface area contributed by atoms with Crippen molar-refractivity contribution in [1.29, 1.82) is 0 Å². The van der Waals surface area contributed by atoms with Crippen LogP contribution in [0.15, 0.2) is 63.6 Å². The topological polar surface area (TPSA) is 89.0 Å². The Kier molecular flexibility index (Phi) is 5.20. The molecule has 0 unspecified atom stereocenters. The Balaban J connectivity index is 1.68. The summed E-state index contributed by atoms with van der Waals surface area (Å²) in [6.45, 7) is 5.44. The number of hydrogen-bond acceptors (Lipinski definition) is 5. The average Bonchev–Trinajstić information content (AvgIpc) is 3.30. The number of benzene rings is 2. The lowest BCUT2D eigenvalue weighted by Crippen LogP contribution is -2.21. The third-order valence-electron chi connectivity index (χ3n) is 5.10. The van der Waals surface area contributed by atoms with Gasteiger partial charge in [-0.25, -0.2) is 0 Å². The molecule has 31 heavy (non-hydrogen) atoms. The second kappa shape index (κ2) is 7.85. The van der Waals surface area contributed by atoms with E-state index in [1.807, 2.05) is 13.8 Å². The summed E-state index contributed by atoms with van der Waals surface area (Å²) in [6, 6.07) is 13.5. The van der Waals surface area contributed by atoms with Gasteiger partial charge in [0.05, 0.1) is 27.5 Å². The summed E-state index contributed by atoms with van der Waals surface area (Å²) < 4.78 is 5.85. The number of amides is 1. The van der Waals surface area contributed by atoms with E-state index in [-0.39, 0.29) is 11.6 Å². The quantitative estimate of drug-likeness (QED) is 0.288. The van der Waals surface area contributed by atoms with Crippen molar-refractivity contribution in [3.63, 3.8) is 0 Å². The van der Waals surface area contributed by atoms with Crippen LogP contribution < -0.4 is 5.01 Å². The van der Waals surface area contributed by atoms with Crippen molar-refractivity contribution in [2.24, 2.45) is 5.10 Å². The zero-order valence-corrected chi connectivity index (χ0v) is 17.8. The fraction of sp³-hybridized carbons (Fsp3) is 0.130. The van der Waals surface area contributed by atoms with Crippen LogP contribution in [0.4, 0.5) is 11.4 Å². The highest BCUT2D eigenvalue weighted by atomic mass is 35.5. The zero-order chi connectivity index (χ0) is 22.3. The number of nitrogens with zero attached hydrogens (tertiary/aromatic N) is 3. The van der Waals surface area contributed by atoms with Gasteiger partial charge in [0.1, 0.15) is 11.5 Å². The summed E-state index contributed by atoms with van der Waals surface area (Å²) in [6.07, 6.45) is 1.59. The molecule has 2 heterocycles. The summed E-state index contributed by atoms with van der Waals surface area (Å²) in [5.41, 5.74) is 3.57. The van der Waals surface area contributed by atoms with Crippen molar-refractivity contribution < 1.29 is 14.1 Å². The highest BCUT2D eigenvalue weighted by molar-refractivity contribution is 6.33. The van der Waals surface area contributed by atoms with E-state index in [1.54, 1.807) is 55.5 Å². The van der Waals surface area contributed by atoms with Gasteiger partial charge in [0.25, 0.3) is 11.6 Å². The minimum absolute atomic E-state index is 0.0292. The molecular formula is C23H18ClN3O4. The van der Waals surface area contributed by atoms with Crippen molar-refractivity contribution in [3.05, 3.63) is 86.1 Å². The molecule has 1 aliphatic heterocycles. The van der Waals surface area contributed by atoms with E-state index in [2.05, 4.69) is 5.10 Å². The van der Waals surface area contributed by atoms with Gasteiger partial charge in [-0.05, 0) is 74.4 Å². The number of rotatable bonds is 4. The van der Waals surface area contributed by atoms with Gasteiger partial charge < -0.3 is 4.42 Å². The second-order valence-corrected chi connectivity index (χ2v) is 7.69. The van der Waals surface area contributed by atoms with E-state index in [0.717, 1.165) is 11.1 Å².